The Bertz CT molecular complexity index is 1300. The summed E-state index contributed by atoms with van der Waals surface area (Å²) in [4.78, 5) is 50.5. The molecule has 9 heteroatoms. The number of methoxy groups -OCH3 is 1. The number of carbonyl (C=O) groups excluding carboxylic acids is 1. The van der Waals surface area contributed by atoms with E-state index < -0.39 is 17.1 Å². The van der Waals surface area contributed by atoms with E-state index in [1.54, 1.807) is 55.6 Å². The molecule has 1 heterocycles. The lowest BCUT2D eigenvalue weighted by atomic mass is 10.1. The molecule has 0 fully saturated rings. The summed E-state index contributed by atoms with van der Waals surface area (Å²) < 4.78 is 7.95. The molecule has 0 saturated heterocycles. The van der Waals surface area contributed by atoms with Gasteiger partial charge in [-0.1, -0.05) is 24.3 Å². The van der Waals surface area contributed by atoms with Gasteiger partial charge < -0.3 is 10.1 Å². The molecule has 3 aromatic rings. The molecule has 0 aliphatic heterocycles. The average Bonchev–Trinajstić information content (AvgIpc) is 2.83. The van der Waals surface area contributed by atoms with Gasteiger partial charge in [0.1, 0.15) is 5.75 Å². The summed E-state index contributed by atoms with van der Waals surface area (Å²) in [5, 5.41) is 2.79. The molecule has 9 nitrogen and oxygen atoms in total. The molecule has 33 heavy (non-hydrogen) atoms. The Morgan fingerprint density at radius 1 is 0.848 bits per heavy atom. The van der Waals surface area contributed by atoms with Gasteiger partial charge in [-0.25, -0.2) is 28.1 Å². The second kappa shape index (κ2) is 10.3. The van der Waals surface area contributed by atoms with Crippen LogP contribution in [0.4, 0.5) is 5.69 Å². The molecule has 0 bridgehead atoms. The third-order valence-corrected chi connectivity index (χ3v) is 4.91. The Morgan fingerprint density at radius 3 is 1.85 bits per heavy atom. The Morgan fingerprint density at radius 2 is 1.36 bits per heavy atom. The zero-order chi connectivity index (χ0) is 24.0. The third kappa shape index (κ3) is 5.09. The standard InChI is InChI=1S/C24H24N4O5/c1-4-14-26-22(30)27(15-5-2)24(32)28(23(26)31)16-17-6-8-18(9-7-17)21(29)25-19-10-12-20(33-3)13-11-19/h4-13H,1-2,14-16H2,3H3,(H,25,29). The minimum Gasteiger partial charge on any atom is -0.497 e. The monoisotopic (exact) mass is 448 g/mol. The molecule has 0 aliphatic carbocycles. The number of ether oxygens (including phenoxy) is 1. The van der Waals surface area contributed by atoms with Gasteiger partial charge >= 0.3 is 17.1 Å². The fourth-order valence-corrected chi connectivity index (χ4v) is 3.21. The number of benzene rings is 2. The predicted octanol–water partition coefficient (Wildman–Crippen LogP) is 1.85. The summed E-state index contributed by atoms with van der Waals surface area (Å²) in [6.45, 7) is 6.99. The van der Waals surface area contributed by atoms with Gasteiger partial charge in [0.05, 0.1) is 26.7 Å². The van der Waals surface area contributed by atoms with Crippen LogP contribution in [0.2, 0.25) is 0 Å². The van der Waals surface area contributed by atoms with Crippen molar-refractivity contribution in [1.29, 1.82) is 0 Å². The van der Waals surface area contributed by atoms with E-state index in [4.69, 9.17) is 4.74 Å². The van der Waals surface area contributed by atoms with E-state index >= 15 is 0 Å². The highest BCUT2D eigenvalue weighted by molar-refractivity contribution is 6.04. The highest BCUT2D eigenvalue weighted by Crippen LogP contribution is 2.16. The average molecular weight is 448 g/mol. The molecule has 0 radical (unpaired) electrons. The van der Waals surface area contributed by atoms with Crippen LogP contribution < -0.4 is 27.1 Å². The largest absolute Gasteiger partial charge is 0.497 e. The summed E-state index contributed by atoms with van der Waals surface area (Å²) in [6.07, 6.45) is 2.82. The minimum absolute atomic E-state index is 0.0282. The fraction of sp³-hybridized carbons (Fsp3) is 0.167. The highest BCUT2D eigenvalue weighted by Gasteiger charge is 2.15. The minimum atomic E-state index is -0.730. The molecule has 0 aliphatic rings. The summed E-state index contributed by atoms with van der Waals surface area (Å²) >= 11 is 0. The predicted molar refractivity (Wildman–Crippen MR) is 126 cm³/mol. The van der Waals surface area contributed by atoms with Gasteiger partial charge in [0.2, 0.25) is 0 Å². The van der Waals surface area contributed by atoms with Gasteiger partial charge in [-0.2, -0.15) is 0 Å². The van der Waals surface area contributed by atoms with Crippen molar-refractivity contribution >= 4 is 11.6 Å². The molecule has 1 aromatic heterocycles. The first kappa shape index (κ1) is 23.3. The van der Waals surface area contributed by atoms with Crippen molar-refractivity contribution in [3.8, 4) is 5.75 Å². The van der Waals surface area contributed by atoms with Crippen molar-refractivity contribution in [3.05, 3.63) is 116 Å². The third-order valence-electron chi connectivity index (χ3n) is 4.91. The van der Waals surface area contributed by atoms with Crippen LogP contribution in [0.25, 0.3) is 0 Å². The number of amides is 1. The van der Waals surface area contributed by atoms with Crippen LogP contribution in [-0.4, -0.2) is 26.7 Å². The quantitative estimate of drug-likeness (QED) is 0.503. The van der Waals surface area contributed by atoms with Gasteiger partial charge in [-0.3, -0.25) is 4.79 Å². The van der Waals surface area contributed by atoms with E-state index in [2.05, 4.69) is 18.5 Å². The van der Waals surface area contributed by atoms with E-state index in [0.29, 0.717) is 22.6 Å². The van der Waals surface area contributed by atoms with Crippen molar-refractivity contribution in [3.63, 3.8) is 0 Å². The van der Waals surface area contributed by atoms with Crippen LogP contribution >= 0.6 is 0 Å². The van der Waals surface area contributed by atoms with Crippen molar-refractivity contribution in [1.82, 2.24) is 13.7 Å². The zero-order valence-corrected chi connectivity index (χ0v) is 18.2. The maximum absolute atomic E-state index is 12.8. The Hall–Kier alpha value is -4.40. The van der Waals surface area contributed by atoms with Crippen LogP contribution in [0.15, 0.2) is 88.2 Å². The second-order valence-corrected chi connectivity index (χ2v) is 7.11. The number of hydrogen-bond acceptors (Lipinski definition) is 5. The van der Waals surface area contributed by atoms with Gasteiger partial charge in [0.25, 0.3) is 5.91 Å². The number of aromatic nitrogens is 3. The molecular weight excluding hydrogens is 424 g/mol. The van der Waals surface area contributed by atoms with E-state index in [1.165, 1.54) is 12.2 Å². The molecule has 170 valence electrons. The Balaban J connectivity index is 1.86. The van der Waals surface area contributed by atoms with Crippen molar-refractivity contribution < 1.29 is 9.53 Å². The smallest absolute Gasteiger partial charge is 0.336 e. The van der Waals surface area contributed by atoms with Crippen molar-refractivity contribution in [2.75, 3.05) is 12.4 Å². The Labute approximate surface area is 189 Å². The zero-order valence-electron chi connectivity index (χ0n) is 18.2. The van der Waals surface area contributed by atoms with Crippen LogP contribution in [0, 0.1) is 0 Å². The molecule has 0 atom stereocenters. The molecule has 1 N–H and O–H groups in total. The molecule has 0 spiro atoms. The molecule has 3 rings (SSSR count). The number of nitrogens with one attached hydrogen (secondary N) is 1. The molecule has 0 unspecified atom stereocenters. The fourth-order valence-electron chi connectivity index (χ4n) is 3.21. The van der Waals surface area contributed by atoms with E-state index in [-0.39, 0.29) is 25.5 Å². The molecular formula is C24H24N4O5. The summed E-state index contributed by atoms with van der Waals surface area (Å²) in [5.41, 5.74) is -0.542. The van der Waals surface area contributed by atoms with Crippen molar-refractivity contribution in [2.24, 2.45) is 0 Å². The maximum Gasteiger partial charge on any atom is 0.336 e. The lowest BCUT2D eigenvalue weighted by Crippen LogP contribution is -2.54. The normalized spacial score (nSPS) is 10.5. The lowest BCUT2D eigenvalue weighted by molar-refractivity contribution is 0.102. The number of anilines is 1. The van der Waals surface area contributed by atoms with Crippen molar-refractivity contribution in [2.45, 2.75) is 19.6 Å². The lowest BCUT2D eigenvalue weighted by Gasteiger charge is -2.12. The van der Waals surface area contributed by atoms with Gasteiger partial charge in [-0.05, 0) is 42.0 Å². The highest BCUT2D eigenvalue weighted by atomic mass is 16.5. The molecule has 1 amide bonds. The first-order valence-corrected chi connectivity index (χ1v) is 10.1. The van der Waals surface area contributed by atoms with Gasteiger partial charge in [0.15, 0.2) is 0 Å². The topological polar surface area (TPSA) is 104 Å². The number of allylic oxidation sites excluding steroid dienone is 2. The molecule has 0 saturated carbocycles. The SMILES string of the molecule is C=CCn1c(=O)n(CC=C)c(=O)n(Cc2ccc(C(=O)Nc3ccc(OC)cc3)cc2)c1=O. The van der Waals surface area contributed by atoms with Crippen LogP contribution in [0.5, 0.6) is 5.75 Å². The summed E-state index contributed by atoms with van der Waals surface area (Å²) in [6, 6.07) is 13.4. The first-order chi connectivity index (χ1) is 15.9. The molecule has 2 aromatic carbocycles. The van der Waals surface area contributed by atoms with Gasteiger partial charge in [-0.15, -0.1) is 13.2 Å². The van der Waals surface area contributed by atoms with Crippen LogP contribution in [0.1, 0.15) is 15.9 Å². The van der Waals surface area contributed by atoms with E-state index in [9.17, 15) is 19.2 Å². The first-order valence-electron chi connectivity index (χ1n) is 10.1. The number of rotatable bonds is 9. The second-order valence-electron chi connectivity index (χ2n) is 7.11. The summed E-state index contributed by atoms with van der Waals surface area (Å²) in [5.74, 6) is 0.371. The van der Waals surface area contributed by atoms with E-state index in [0.717, 1.165) is 13.7 Å². The number of carbonyl (C=O) groups is 1. The Kier molecular flexibility index (Phi) is 7.24. The summed E-state index contributed by atoms with van der Waals surface area (Å²) in [7, 11) is 1.56. The maximum atomic E-state index is 12.8. The number of hydrogen-bond donors (Lipinski definition) is 1. The number of nitrogens with zero attached hydrogens (tertiary/aromatic N) is 3. The van der Waals surface area contributed by atoms with Crippen LogP contribution in [-0.2, 0) is 19.6 Å². The van der Waals surface area contributed by atoms with Crippen LogP contribution in [0.3, 0.4) is 0 Å². The van der Waals surface area contributed by atoms with Gasteiger partial charge in [0, 0.05) is 11.3 Å². The van der Waals surface area contributed by atoms with E-state index in [1.807, 2.05) is 0 Å².